The Morgan fingerprint density at radius 2 is 1.64 bits per heavy atom. The normalized spacial score (nSPS) is 20.9. The van der Waals surface area contributed by atoms with Crippen LogP contribution in [0.5, 0.6) is 11.5 Å². The molecule has 0 aromatic heterocycles. The topological polar surface area (TPSA) is 45.2 Å². The van der Waals surface area contributed by atoms with Crippen LogP contribution in [0.2, 0.25) is 0 Å². The maximum atomic E-state index is 10.7. The lowest BCUT2D eigenvalue weighted by molar-refractivity contribution is -0.0204. The van der Waals surface area contributed by atoms with E-state index in [0.29, 0.717) is 0 Å². The van der Waals surface area contributed by atoms with Gasteiger partial charge in [0.25, 0.3) is 0 Å². The highest BCUT2D eigenvalue weighted by atomic mass is 16.5. The van der Waals surface area contributed by atoms with Crippen molar-refractivity contribution in [3.8, 4) is 11.5 Å². The number of nitrogens with zero attached hydrogens (tertiary/aromatic N) is 2. The molecule has 25 heavy (non-hydrogen) atoms. The van der Waals surface area contributed by atoms with E-state index < -0.39 is 5.72 Å². The predicted molar refractivity (Wildman–Crippen MR) is 102 cm³/mol. The molecule has 5 heteroatoms. The maximum absolute atomic E-state index is 10.7. The molecule has 0 radical (unpaired) electrons. The Labute approximate surface area is 151 Å². The van der Waals surface area contributed by atoms with Gasteiger partial charge in [0.15, 0.2) is 5.72 Å². The quantitative estimate of drug-likeness (QED) is 0.888. The summed E-state index contributed by atoms with van der Waals surface area (Å²) in [6.07, 6.45) is 1.97. The molecule has 1 unspecified atom stereocenters. The van der Waals surface area contributed by atoms with E-state index >= 15 is 0 Å². The number of likely N-dealkylation sites (N-methyl/N-ethyl adjacent to an activating group) is 1. The fourth-order valence-corrected chi connectivity index (χ4v) is 3.14. The van der Waals surface area contributed by atoms with Gasteiger partial charge in [-0.2, -0.15) is 0 Å². The molecule has 0 aliphatic carbocycles. The molecule has 1 N–H and O–H groups in total. The van der Waals surface area contributed by atoms with Gasteiger partial charge in [-0.3, -0.25) is 0 Å². The van der Waals surface area contributed by atoms with Crippen LogP contribution in [0.1, 0.15) is 31.9 Å². The molecule has 0 bridgehead atoms. The van der Waals surface area contributed by atoms with Crippen LogP contribution in [0.3, 0.4) is 0 Å². The van der Waals surface area contributed by atoms with Gasteiger partial charge in [-0.25, -0.2) is 0 Å². The molecule has 0 amide bonds. The number of hydrogen-bond acceptors (Lipinski definition) is 5. The third-order valence-electron chi connectivity index (χ3n) is 5.08. The molecular formula is C20H30N2O3. The van der Waals surface area contributed by atoms with Crippen molar-refractivity contribution in [2.45, 2.75) is 33.0 Å². The van der Waals surface area contributed by atoms with Crippen LogP contribution in [0.4, 0.5) is 0 Å². The molecule has 0 saturated heterocycles. The van der Waals surface area contributed by atoms with Crippen molar-refractivity contribution in [2.75, 3.05) is 35.4 Å². The number of hydrogen-bond donors (Lipinski definition) is 1. The zero-order valence-electron chi connectivity index (χ0n) is 16.6. The summed E-state index contributed by atoms with van der Waals surface area (Å²) in [7, 11) is 9.27. The van der Waals surface area contributed by atoms with Crippen molar-refractivity contribution in [2.24, 2.45) is 0 Å². The monoisotopic (exact) mass is 346 g/mol. The lowest BCUT2D eigenvalue weighted by Crippen LogP contribution is -2.44. The number of methoxy groups -OCH3 is 2. The summed E-state index contributed by atoms with van der Waals surface area (Å²) in [5, 5.41) is 10.7. The molecule has 5 nitrogen and oxygen atoms in total. The van der Waals surface area contributed by atoms with Crippen molar-refractivity contribution >= 4 is 5.57 Å². The van der Waals surface area contributed by atoms with Gasteiger partial charge in [-0.05, 0) is 63.7 Å². The molecular weight excluding hydrogens is 316 g/mol. The molecule has 1 aromatic carbocycles. The Balaban J connectivity index is 2.61. The van der Waals surface area contributed by atoms with Gasteiger partial charge in [-0.1, -0.05) is 0 Å². The van der Waals surface area contributed by atoms with Gasteiger partial charge < -0.3 is 24.4 Å². The number of aliphatic hydroxyl groups is 1. The van der Waals surface area contributed by atoms with E-state index in [-0.39, 0.29) is 0 Å². The summed E-state index contributed by atoms with van der Waals surface area (Å²) in [4.78, 5) is 3.91. The first-order valence-corrected chi connectivity index (χ1v) is 8.38. The average Bonchev–Trinajstić information content (AvgIpc) is 2.56. The number of benzene rings is 1. The third-order valence-corrected chi connectivity index (χ3v) is 5.08. The van der Waals surface area contributed by atoms with Crippen LogP contribution < -0.4 is 9.47 Å². The van der Waals surface area contributed by atoms with Gasteiger partial charge in [-0.15, -0.1) is 0 Å². The van der Waals surface area contributed by atoms with E-state index in [4.69, 9.17) is 9.47 Å². The highest BCUT2D eigenvalue weighted by Gasteiger charge is 2.33. The first-order chi connectivity index (χ1) is 11.6. The van der Waals surface area contributed by atoms with E-state index in [1.54, 1.807) is 21.1 Å². The Morgan fingerprint density at radius 3 is 2.08 bits per heavy atom. The minimum atomic E-state index is -0.980. The van der Waals surface area contributed by atoms with Crippen LogP contribution in [0.25, 0.3) is 5.57 Å². The summed E-state index contributed by atoms with van der Waals surface area (Å²) in [6.45, 7) is 6.54. The molecule has 0 fully saturated rings. The van der Waals surface area contributed by atoms with Gasteiger partial charge in [0.2, 0.25) is 0 Å². The standard InChI is InChI=1S/C20H30N2O3/c1-13-14(2)20(3,23)22(6)12-16(13)15-9-18(24-7)17(11-21(4)5)19(10-15)25-8/h9-10,12,23H,11H2,1-8H3. The van der Waals surface area contributed by atoms with E-state index in [2.05, 4.69) is 4.90 Å². The second kappa shape index (κ2) is 7.10. The molecule has 1 atom stereocenters. The van der Waals surface area contributed by atoms with Crippen molar-refractivity contribution in [3.05, 3.63) is 40.6 Å². The first-order valence-electron chi connectivity index (χ1n) is 8.38. The number of rotatable bonds is 5. The van der Waals surface area contributed by atoms with E-state index in [0.717, 1.165) is 45.9 Å². The van der Waals surface area contributed by atoms with Crippen LogP contribution in [-0.2, 0) is 6.54 Å². The molecule has 2 rings (SSSR count). The zero-order valence-corrected chi connectivity index (χ0v) is 16.6. The second-order valence-corrected chi connectivity index (χ2v) is 7.02. The van der Waals surface area contributed by atoms with Gasteiger partial charge in [0.1, 0.15) is 11.5 Å². The molecule has 0 saturated carbocycles. The Hall–Kier alpha value is -1.98. The molecule has 1 aliphatic heterocycles. The second-order valence-electron chi connectivity index (χ2n) is 7.02. The molecule has 1 aromatic rings. The minimum Gasteiger partial charge on any atom is -0.496 e. The van der Waals surface area contributed by atoms with E-state index in [9.17, 15) is 5.11 Å². The lowest BCUT2D eigenvalue weighted by Gasteiger charge is -2.40. The zero-order chi connectivity index (χ0) is 18.9. The Morgan fingerprint density at radius 1 is 1.12 bits per heavy atom. The smallest absolute Gasteiger partial charge is 0.157 e. The van der Waals surface area contributed by atoms with Crippen LogP contribution >= 0.6 is 0 Å². The molecule has 0 spiro atoms. The predicted octanol–water partition coefficient (Wildman–Crippen LogP) is 3.10. The Kier molecular flexibility index (Phi) is 5.49. The fourth-order valence-electron chi connectivity index (χ4n) is 3.14. The van der Waals surface area contributed by atoms with Crippen LogP contribution in [-0.4, -0.2) is 56.0 Å². The first kappa shape index (κ1) is 19.3. The van der Waals surface area contributed by atoms with Gasteiger partial charge in [0.05, 0.1) is 19.8 Å². The van der Waals surface area contributed by atoms with Crippen LogP contribution in [0.15, 0.2) is 29.5 Å². The molecule has 1 aliphatic rings. The summed E-state index contributed by atoms with van der Waals surface area (Å²) in [6, 6.07) is 4.08. The van der Waals surface area contributed by atoms with Crippen molar-refractivity contribution in [3.63, 3.8) is 0 Å². The SMILES string of the molecule is COc1cc(C2=CN(C)C(C)(O)C(C)=C2C)cc(OC)c1CN(C)C. The lowest BCUT2D eigenvalue weighted by atomic mass is 9.87. The number of ether oxygens (including phenoxy) is 2. The van der Waals surface area contributed by atoms with Crippen LogP contribution in [0, 0.1) is 0 Å². The Bertz CT molecular complexity index is 693. The summed E-state index contributed by atoms with van der Waals surface area (Å²) >= 11 is 0. The average molecular weight is 346 g/mol. The van der Waals surface area contributed by atoms with Gasteiger partial charge >= 0.3 is 0 Å². The summed E-state index contributed by atoms with van der Waals surface area (Å²) < 4.78 is 11.3. The third kappa shape index (κ3) is 3.53. The highest BCUT2D eigenvalue weighted by Crippen LogP contribution is 2.40. The van der Waals surface area contributed by atoms with Crippen molar-refractivity contribution < 1.29 is 14.6 Å². The van der Waals surface area contributed by atoms with Crippen molar-refractivity contribution in [1.82, 2.24) is 9.80 Å². The van der Waals surface area contributed by atoms with E-state index in [1.165, 1.54) is 0 Å². The van der Waals surface area contributed by atoms with E-state index in [1.807, 2.05) is 58.2 Å². The maximum Gasteiger partial charge on any atom is 0.157 e. The highest BCUT2D eigenvalue weighted by molar-refractivity contribution is 5.82. The summed E-state index contributed by atoms with van der Waals surface area (Å²) in [5.41, 5.74) is 4.10. The molecule has 138 valence electrons. The summed E-state index contributed by atoms with van der Waals surface area (Å²) in [5.74, 6) is 1.60. The van der Waals surface area contributed by atoms with Gasteiger partial charge in [0, 0.05) is 25.4 Å². The largest absolute Gasteiger partial charge is 0.496 e. The number of allylic oxidation sites excluding steroid dienone is 2. The minimum absolute atomic E-state index is 0.730. The van der Waals surface area contributed by atoms with Crippen molar-refractivity contribution in [1.29, 1.82) is 0 Å². The fraction of sp³-hybridized carbons (Fsp3) is 0.500. The molecule has 1 heterocycles.